The average molecular weight is 259 g/mol. The van der Waals surface area contributed by atoms with Crippen molar-refractivity contribution in [2.45, 2.75) is 13.5 Å². The lowest BCUT2D eigenvalue weighted by atomic mass is 9.95. The van der Waals surface area contributed by atoms with Crippen molar-refractivity contribution in [2.24, 2.45) is 0 Å². The Labute approximate surface area is 113 Å². The van der Waals surface area contributed by atoms with Crippen molar-refractivity contribution >= 4 is 0 Å². The summed E-state index contributed by atoms with van der Waals surface area (Å²) in [5.41, 5.74) is 4.11. The van der Waals surface area contributed by atoms with Gasteiger partial charge < -0.3 is 10.1 Å². The summed E-state index contributed by atoms with van der Waals surface area (Å²) < 4.78 is 18.7. The van der Waals surface area contributed by atoms with Crippen LogP contribution in [0.3, 0.4) is 0 Å². The van der Waals surface area contributed by atoms with Crippen molar-refractivity contribution in [2.75, 3.05) is 14.2 Å². The predicted molar refractivity (Wildman–Crippen MR) is 75.9 cm³/mol. The van der Waals surface area contributed by atoms with Crippen molar-refractivity contribution in [1.29, 1.82) is 0 Å². The van der Waals surface area contributed by atoms with E-state index in [2.05, 4.69) is 5.32 Å². The van der Waals surface area contributed by atoms with Gasteiger partial charge in [0.2, 0.25) is 0 Å². The number of aryl methyl sites for hydroxylation is 1. The third-order valence-corrected chi connectivity index (χ3v) is 3.16. The summed E-state index contributed by atoms with van der Waals surface area (Å²) >= 11 is 0. The molecular weight excluding hydrogens is 241 g/mol. The zero-order valence-electron chi connectivity index (χ0n) is 11.5. The van der Waals surface area contributed by atoms with Gasteiger partial charge in [0, 0.05) is 6.54 Å². The lowest BCUT2D eigenvalue weighted by molar-refractivity contribution is 0.414. The molecule has 0 spiro atoms. The van der Waals surface area contributed by atoms with Crippen molar-refractivity contribution in [1.82, 2.24) is 5.32 Å². The summed E-state index contributed by atoms with van der Waals surface area (Å²) in [6.07, 6.45) is 0. The molecule has 100 valence electrons. The normalized spacial score (nSPS) is 10.5. The molecule has 0 amide bonds. The van der Waals surface area contributed by atoms with Gasteiger partial charge in [-0.2, -0.15) is 0 Å². The summed E-state index contributed by atoms with van der Waals surface area (Å²) in [6.45, 7) is 2.72. The maximum absolute atomic E-state index is 13.5. The van der Waals surface area contributed by atoms with E-state index in [4.69, 9.17) is 4.74 Å². The van der Waals surface area contributed by atoms with E-state index in [-0.39, 0.29) is 5.82 Å². The summed E-state index contributed by atoms with van der Waals surface area (Å²) in [7, 11) is 3.52. The third-order valence-electron chi connectivity index (χ3n) is 3.16. The molecule has 0 heterocycles. The molecule has 0 atom stereocenters. The molecule has 3 heteroatoms. The van der Waals surface area contributed by atoms with E-state index in [0.717, 1.165) is 28.0 Å². The standard InChI is InChI=1S/C16H18FNO/c1-11-8-14(19-3)6-7-15(11)16-9-13(17)5-4-12(16)10-18-2/h4-9,18H,10H2,1-3H3. The van der Waals surface area contributed by atoms with Crippen LogP contribution in [0.2, 0.25) is 0 Å². The lowest BCUT2D eigenvalue weighted by Gasteiger charge is -2.13. The maximum atomic E-state index is 13.5. The summed E-state index contributed by atoms with van der Waals surface area (Å²) in [6, 6.07) is 10.7. The second-order valence-electron chi connectivity index (χ2n) is 4.51. The largest absolute Gasteiger partial charge is 0.497 e. The van der Waals surface area contributed by atoms with E-state index < -0.39 is 0 Å². The van der Waals surface area contributed by atoms with E-state index in [0.29, 0.717) is 6.54 Å². The fraction of sp³-hybridized carbons (Fsp3) is 0.250. The van der Waals surface area contributed by atoms with Gasteiger partial charge in [-0.05, 0) is 60.5 Å². The van der Waals surface area contributed by atoms with Gasteiger partial charge in [-0.1, -0.05) is 12.1 Å². The highest BCUT2D eigenvalue weighted by Crippen LogP contribution is 2.30. The minimum absolute atomic E-state index is 0.218. The van der Waals surface area contributed by atoms with Crippen LogP contribution < -0.4 is 10.1 Å². The summed E-state index contributed by atoms with van der Waals surface area (Å²) in [5, 5.41) is 3.11. The smallest absolute Gasteiger partial charge is 0.123 e. The molecule has 0 saturated carbocycles. The molecule has 0 saturated heterocycles. The fourth-order valence-corrected chi connectivity index (χ4v) is 2.21. The summed E-state index contributed by atoms with van der Waals surface area (Å²) in [5.74, 6) is 0.595. The fourth-order valence-electron chi connectivity index (χ4n) is 2.21. The first-order valence-electron chi connectivity index (χ1n) is 6.23. The molecule has 2 aromatic rings. The van der Waals surface area contributed by atoms with Crippen LogP contribution in [-0.4, -0.2) is 14.2 Å². The molecule has 1 N–H and O–H groups in total. The van der Waals surface area contributed by atoms with Crippen LogP contribution in [0.5, 0.6) is 5.75 Å². The van der Waals surface area contributed by atoms with Gasteiger partial charge in [0.25, 0.3) is 0 Å². The van der Waals surface area contributed by atoms with Crippen molar-refractivity contribution in [3.8, 4) is 16.9 Å². The molecule has 2 aromatic carbocycles. The molecule has 2 rings (SSSR count). The van der Waals surface area contributed by atoms with Gasteiger partial charge in [-0.25, -0.2) is 4.39 Å². The van der Waals surface area contributed by atoms with E-state index in [1.807, 2.05) is 38.2 Å². The van der Waals surface area contributed by atoms with E-state index in [9.17, 15) is 4.39 Å². The topological polar surface area (TPSA) is 21.3 Å². The first-order valence-corrected chi connectivity index (χ1v) is 6.23. The molecule has 0 aliphatic rings. The van der Waals surface area contributed by atoms with Crippen molar-refractivity contribution < 1.29 is 9.13 Å². The Balaban J connectivity index is 2.54. The number of halogens is 1. The Kier molecular flexibility index (Phi) is 4.17. The zero-order chi connectivity index (χ0) is 13.8. The number of nitrogens with one attached hydrogen (secondary N) is 1. The highest BCUT2D eigenvalue weighted by Gasteiger charge is 2.09. The van der Waals surface area contributed by atoms with Crippen LogP contribution >= 0.6 is 0 Å². The van der Waals surface area contributed by atoms with Crippen LogP contribution in [0.15, 0.2) is 36.4 Å². The number of hydrogen-bond acceptors (Lipinski definition) is 2. The number of hydrogen-bond donors (Lipinski definition) is 1. The molecule has 0 fully saturated rings. The minimum atomic E-state index is -0.218. The minimum Gasteiger partial charge on any atom is -0.497 e. The van der Waals surface area contributed by atoms with Gasteiger partial charge in [0.05, 0.1) is 7.11 Å². The van der Waals surface area contributed by atoms with Crippen molar-refractivity contribution in [3.63, 3.8) is 0 Å². The van der Waals surface area contributed by atoms with Crippen LogP contribution in [0.4, 0.5) is 4.39 Å². The van der Waals surface area contributed by atoms with Crippen molar-refractivity contribution in [3.05, 3.63) is 53.3 Å². The number of rotatable bonds is 4. The van der Waals surface area contributed by atoms with Crippen LogP contribution in [0.1, 0.15) is 11.1 Å². The Hall–Kier alpha value is -1.87. The molecule has 0 aromatic heterocycles. The lowest BCUT2D eigenvalue weighted by Crippen LogP contribution is -2.07. The molecule has 0 aliphatic carbocycles. The van der Waals surface area contributed by atoms with Gasteiger partial charge in [0.1, 0.15) is 11.6 Å². The second kappa shape index (κ2) is 5.85. The molecule has 0 unspecified atom stereocenters. The Morgan fingerprint density at radius 2 is 1.89 bits per heavy atom. The number of benzene rings is 2. The summed E-state index contributed by atoms with van der Waals surface area (Å²) in [4.78, 5) is 0. The highest BCUT2D eigenvalue weighted by atomic mass is 19.1. The van der Waals surface area contributed by atoms with E-state index in [1.165, 1.54) is 6.07 Å². The predicted octanol–water partition coefficient (Wildman–Crippen LogP) is 3.53. The van der Waals surface area contributed by atoms with Gasteiger partial charge in [-0.3, -0.25) is 0 Å². The van der Waals surface area contributed by atoms with Crippen LogP contribution in [0.25, 0.3) is 11.1 Å². The first kappa shape index (κ1) is 13.6. The van der Waals surface area contributed by atoms with Gasteiger partial charge in [0.15, 0.2) is 0 Å². The molecule has 0 radical (unpaired) electrons. The Bertz CT molecular complexity index is 581. The quantitative estimate of drug-likeness (QED) is 0.907. The van der Waals surface area contributed by atoms with Gasteiger partial charge >= 0.3 is 0 Å². The SMILES string of the molecule is CNCc1ccc(F)cc1-c1ccc(OC)cc1C. The number of methoxy groups -OCH3 is 1. The molecule has 2 nitrogen and oxygen atoms in total. The number of ether oxygens (including phenoxy) is 1. The van der Waals surface area contributed by atoms with Crippen LogP contribution in [0, 0.1) is 12.7 Å². The monoisotopic (exact) mass is 259 g/mol. The maximum Gasteiger partial charge on any atom is 0.123 e. The molecule has 0 aliphatic heterocycles. The Morgan fingerprint density at radius 1 is 1.11 bits per heavy atom. The third kappa shape index (κ3) is 2.93. The van der Waals surface area contributed by atoms with Gasteiger partial charge in [-0.15, -0.1) is 0 Å². The Morgan fingerprint density at radius 3 is 2.53 bits per heavy atom. The first-order chi connectivity index (χ1) is 9.15. The molecule has 0 bridgehead atoms. The molecule has 19 heavy (non-hydrogen) atoms. The van der Waals surface area contributed by atoms with E-state index >= 15 is 0 Å². The average Bonchev–Trinajstić information content (AvgIpc) is 2.41. The zero-order valence-corrected chi connectivity index (χ0v) is 11.5. The highest BCUT2D eigenvalue weighted by molar-refractivity contribution is 5.71. The second-order valence-corrected chi connectivity index (χ2v) is 4.51. The molecular formula is C16H18FNO. The van der Waals surface area contributed by atoms with E-state index in [1.54, 1.807) is 13.2 Å². The van der Waals surface area contributed by atoms with Crippen LogP contribution in [-0.2, 0) is 6.54 Å².